The van der Waals surface area contributed by atoms with Gasteiger partial charge in [0.25, 0.3) is 10.0 Å². The summed E-state index contributed by atoms with van der Waals surface area (Å²) in [4.78, 5) is 13.3. The number of nitrogens with zero attached hydrogens (tertiary/aromatic N) is 5. The van der Waals surface area contributed by atoms with Crippen LogP contribution in [0.25, 0.3) is 0 Å². The van der Waals surface area contributed by atoms with Crippen molar-refractivity contribution in [2.45, 2.75) is 5.03 Å². The Morgan fingerprint density at radius 2 is 1.95 bits per heavy atom. The Morgan fingerprint density at radius 1 is 1.33 bits per heavy atom. The zero-order chi connectivity index (χ0) is 15.6. The Morgan fingerprint density at radius 3 is 2.43 bits per heavy atom. The molecule has 1 aliphatic heterocycles. The molecule has 0 atom stereocenters. The Labute approximate surface area is 131 Å². The molecule has 0 unspecified atom stereocenters. The maximum absolute atomic E-state index is 12.6. The lowest BCUT2D eigenvalue weighted by molar-refractivity contribution is -0.136. The number of sulfonamides is 1. The number of carbonyl (C=O) groups is 1. The maximum Gasteiger partial charge on any atom is 0.263 e. The third kappa shape index (κ3) is 3.25. The van der Waals surface area contributed by atoms with Crippen LogP contribution in [0.5, 0.6) is 0 Å². The zero-order valence-corrected chi connectivity index (χ0v) is 14.1. The molecule has 0 spiro atoms. The average molecular weight is 382 g/mol. The van der Waals surface area contributed by atoms with E-state index in [0.717, 1.165) is 0 Å². The minimum absolute atomic E-state index is 0.00392. The van der Waals surface area contributed by atoms with Gasteiger partial charge in [-0.2, -0.15) is 4.31 Å². The van der Waals surface area contributed by atoms with Crippen LogP contribution in [0, 0.1) is 0 Å². The third-order valence-electron chi connectivity index (χ3n) is 3.18. The van der Waals surface area contributed by atoms with Gasteiger partial charge in [0, 0.05) is 40.3 Å². The van der Waals surface area contributed by atoms with Crippen molar-refractivity contribution in [2.24, 2.45) is 7.05 Å². The standard InChI is InChI=1S/C10H16BrN5O4S/c1-14-10(9(11)12-13-14)21(18,19)16-5-3-15(4-6-16)8(17)7-20-2/h3-7H2,1-2H3. The van der Waals surface area contributed by atoms with E-state index in [1.807, 2.05) is 0 Å². The van der Waals surface area contributed by atoms with Crippen LogP contribution in [-0.4, -0.2) is 78.4 Å². The van der Waals surface area contributed by atoms with Crippen LogP contribution in [0.1, 0.15) is 0 Å². The fraction of sp³-hybridized carbons (Fsp3) is 0.700. The van der Waals surface area contributed by atoms with Crippen molar-refractivity contribution in [1.29, 1.82) is 0 Å². The first-order valence-electron chi connectivity index (χ1n) is 6.20. The molecule has 118 valence electrons. The van der Waals surface area contributed by atoms with Gasteiger partial charge in [0.1, 0.15) is 6.61 Å². The summed E-state index contributed by atoms with van der Waals surface area (Å²) in [6.45, 7) is 1.14. The van der Waals surface area contributed by atoms with Crippen LogP contribution in [0.3, 0.4) is 0 Å². The minimum Gasteiger partial charge on any atom is -0.375 e. The number of aryl methyl sites for hydroxylation is 1. The lowest BCUT2D eigenvalue weighted by Gasteiger charge is -2.33. The van der Waals surface area contributed by atoms with Crippen molar-refractivity contribution in [2.75, 3.05) is 39.9 Å². The van der Waals surface area contributed by atoms with Gasteiger partial charge in [-0.05, 0) is 15.9 Å². The molecule has 11 heteroatoms. The molecule has 0 aromatic carbocycles. The Hall–Kier alpha value is -1.04. The second-order valence-electron chi connectivity index (χ2n) is 4.53. The van der Waals surface area contributed by atoms with Gasteiger partial charge in [0.05, 0.1) is 0 Å². The van der Waals surface area contributed by atoms with E-state index >= 15 is 0 Å². The second kappa shape index (κ2) is 6.38. The molecule has 2 rings (SSSR count). The first-order valence-corrected chi connectivity index (χ1v) is 8.43. The van der Waals surface area contributed by atoms with Gasteiger partial charge >= 0.3 is 0 Å². The van der Waals surface area contributed by atoms with E-state index in [9.17, 15) is 13.2 Å². The number of hydrogen-bond acceptors (Lipinski definition) is 6. The average Bonchev–Trinajstić information content (AvgIpc) is 2.79. The first-order chi connectivity index (χ1) is 9.87. The molecule has 0 aliphatic carbocycles. The normalized spacial score (nSPS) is 17.2. The molecule has 1 saturated heterocycles. The highest BCUT2D eigenvalue weighted by atomic mass is 79.9. The van der Waals surface area contributed by atoms with Crippen molar-refractivity contribution in [3.05, 3.63) is 4.60 Å². The molecule has 2 heterocycles. The summed E-state index contributed by atoms with van der Waals surface area (Å²) in [6.07, 6.45) is 0. The summed E-state index contributed by atoms with van der Waals surface area (Å²) in [7, 11) is -0.719. The maximum atomic E-state index is 12.6. The van der Waals surface area contributed by atoms with Gasteiger partial charge in [0.15, 0.2) is 4.60 Å². The molecule has 0 radical (unpaired) electrons. The van der Waals surface area contributed by atoms with E-state index < -0.39 is 10.0 Å². The number of carbonyl (C=O) groups excluding carboxylic acids is 1. The molecule has 0 saturated carbocycles. The van der Waals surface area contributed by atoms with Crippen molar-refractivity contribution in [1.82, 2.24) is 24.2 Å². The summed E-state index contributed by atoms with van der Waals surface area (Å²) in [5.74, 6) is -0.141. The van der Waals surface area contributed by atoms with E-state index in [1.165, 1.54) is 23.1 Å². The van der Waals surface area contributed by atoms with Crippen LogP contribution >= 0.6 is 15.9 Å². The van der Waals surface area contributed by atoms with E-state index in [1.54, 1.807) is 4.90 Å². The predicted octanol–water partition coefficient (Wildman–Crippen LogP) is -0.943. The van der Waals surface area contributed by atoms with Crippen LogP contribution in [-0.2, 0) is 26.6 Å². The second-order valence-corrected chi connectivity index (χ2v) is 7.13. The van der Waals surface area contributed by atoms with Crippen molar-refractivity contribution < 1.29 is 17.9 Å². The number of ether oxygens (including phenoxy) is 1. The number of piperazine rings is 1. The van der Waals surface area contributed by atoms with Crippen molar-refractivity contribution in [3.8, 4) is 0 Å². The number of aromatic nitrogens is 3. The number of methoxy groups -OCH3 is 1. The van der Waals surface area contributed by atoms with Crippen LogP contribution < -0.4 is 0 Å². The van der Waals surface area contributed by atoms with Gasteiger partial charge in [-0.1, -0.05) is 5.21 Å². The molecule has 1 aromatic heterocycles. The number of amides is 1. The quantitative estimate of drug-likeness (QED) is 0.667. The molecular weight excluding hydrogens is 366 g/mol. The highest BCUT2D eigenvalue weighted by molar-refractivity contribution is 9.10. The van der Waals surface area contributed by atoms with Crippen LogP contribution in [0.4, 0.5) is 0 Å². The van der Waals surface area contributed by atoms with E-state index in [2.05, 4.69) is 26.2 Å². The SMILES string of the molecule is COCC(=O)N1CCN(S(=O)(=O)c2c(Br)nnn2C)CC1. The van der Waals surface area contributed by atoms with E-state index in [4.69, 9.17) is 4.74 Å². The Kier molecular flexibility index (Phi) is 4.96. The highest BCUT2D eigenvalue weighted by Crippen LogP contribution is 2.23. The van der Waals surface area contributed by atoms with Crippen LogP contribution in [0.2, 0.25) is 0 Å². The Bertz CT molecular complexity index is 604. The van der Waals surface area contributed by atoms with Crippen LogP contribution in [0.15, 0.2) is 9.63 Å². The lowest BCUT2D eigenvalue weighted by atomic mass is 10.3. The minimum atomic E-state index is -3.69. The molecule has 1 amide bonds. The molecule has 0 N–H and O–H groups in total. The van der Waals surface area contributed by atoms with Gasteiger partial charge in [-0.25, -0.2) is 13.1 Å². The topological polar surface area (TPSA) is 97.6 Å². The molecular formula is C10H16BrN5O4S. The monoisotopic (exact) mass is 381 g/mol. The summed E-state index contributed by atoms with van der Waals surface area (Å²) in [5.41, 5.74) is 0. The number of hydrogen-bond donors (Lipinski definition) is 0. The molecule has 1 fully saturated rings. The molecule has 1 aromatic rings. The predicted molar refractivity (Wildman–Crippen MR) is 75.9 cm³/mol. The molecule has 1 aliphatic rings. The molecule has 0 bridgehead atoms. The number of halogens is 1. The number of rotatable bonds is 4. The fourth-order valence-corrected chi connectivity index (χ4v) is 4.57. The fourth-order valence-electron chi connectivity index (χ4n) is 2.11. The smallest absolute Gasteiger partial charge is 0.263 e. The van der Waals surface area contributed by atoms with Crippen molar-refractivity contribution >= 4 is 31.9 Å². The van der Waals surface area contributed by atoms with Crippen molar-refractivity contribution in [3.63, 3.8) is 0 Å². The van der Waals surface area contributed by atoms with Gasteiger partial charge in [0.2, 0.25) is 10.9 Å². The zero-order valence-electron chi connectivity index (χ0n) is 11.7. The van der Waals surface area contributed by atoms with E-state index in [0.29, 0.717) is 13.1 Å². The molecule has 21 heavy (non-hydrogen) atoms. The molecule has 9 nitrogen and oxygen atoms in total. The Balaban J connectivity index is 2.10. The van der Waals surface area contributed by atoms with Gasteiger partial charge in [-0.3, -0.25) is 4.79 Å². The summed E-state index contributed by atoms with van der Waals surface area (Å²) < 4.78 is 32.6. The lowest BCUT2D eigenvalue weighted by Crippen LogP contribution is -2.51. The summed E-state index contributed by atoms with van der Waals surface area (Å²) in [6, 6.07) is 0. The first kappa shape index (κ1) is 16.3. The summed E-state index contributed by atoms with van der Waals surface area (Å²) in [5, 5.41) is 7.38. The third-order valence-corrected chi connectivity index (χ3v) is 5.97. The van der Waals surface area contributed by atoms with E-state index in [-0.39, 0.29) is 35.2 Å². The van der Waals surface area contributed by atoms with Gasteiger partial charge < -0.3 is 9.64 Å². The summed E-state index contributed by atoms with van der Waals surface area (Å²) >= 11 is 3.09. The largest absolute Gasteiger partial charge is 0.375 e. The highest BCUT2D eigenvalue weighted by Gasteiger charge is 2.34. The van der Waals surface area contributed by atoms with Gasteiger partial charge in [-0.15, -0.1) is 5.10 Å².